The van der Waals surface area contributed by atoms with E-state index in [1.165, 1.54) is 25.3 Å². The van der Waals surface area contributed by atoms with Crippen molar-refractivity contribution < 1.29 is 24.2 Å². The highest BCUT2D eigenvalue weighted by Crippen LogP contribution is 2.27. The average Bonchev–Trinajstić information content (AvgIpc) is 2.71. The molecule has 18 heavy (non-hydrogen) atoms. The van der Waals surface area contributed by atoms with E-state index >= 15 is 0 Å². The van der Waals surface area contributed by atoms with Crippen molar-refractivity contribution in [2.75, 3.05) is 7.11 Å². The number of phenols is 1. The quantitative estimate of drug-likeness (QED) is 0.630. The van der Waals surface area contributed by atoms with Gasteiger partial charge < -0.3 is 14.6 Å². The number of hydrogen-bond acceptors (Lipinski definition) is 5. The molecule has 0 atom stereocenters. The van der Waals surface area contributed by atoms with Crippen LogP contribution in [-0.2, 0) is 19.1 Å². The van der Waals surface area contributed by atoms with Crippen molar-refractivity contribution in [2.24, 2.45) is 0 Å². The molecule has 1 aromatic rings. The third-order valence-corrected chi connectivity index (χ3v) is 2.33. The molecular formula is C13H10O5. The van der Waals surface area contributed by atoms with Crippen LogP contribution in [0.4, 0.5) is 0 Å². The molecule has 5 nitrogen and oxygen atoms in total. The first-order chi connectivity index (χ1) is 8.60. The lowest BCUT2D eigenvalue weighted by molar-refractivity contribution is -0.135. The molecule has 0 amide bonds. The molecule has 1 aromatic carbocycles. The summed E-state index contributed by atoms with van der Waals surface area (Å²) in [5, 5.41) is 9.15. The summed E-state index contributed by atoms with van der Waals surface area (Å²) in [6.07, 6.45) is 2.27. The number of methoxy groups -OCH3 is 1. The number of benzene rings is 1. The van der Waals surface area contributed by atoms with Crippen molar-refractivity contribution in [3.05, 3.63) is 47.7 Å². The van der Waals surface area contributed by atoms with Crippen LogP contribution in [0.2, 0.25) is 0 Å². The summed E-state index contributed by atoms with van der Waals surface area (Å²) in [6.45, 7) is 0. The molecule has 0 saturated heterocycles. The van der Waals surface area contributed by atoms with Crippen LogP contribution >= 0.6 is 0 Å². The minimum atomic E-state index is -0.654. The van der Waals surface area contributed by atoms with Crippen molar-refractivity contribution in [3.63, 3.8) is 0 Å². The molecule has 0 saturated carbocycles. The van der Waals surface area contributed by atoms with E-state index in [1.54, 1.807) is 12.1 Å². The zero-order chi connectivity index (χ0) is 13.1. The smallest absolute Gasteiger partial charge is 0.334 e. The lowest BCUT2D eigenvalue weighted by atomic mass is 10.1. The third-order valence-electron chi connectivity index (χ3n) is 2.33. The molecule has 0 bridgehead atoms. The van der Waals surface area contributed by atoms with Crippen molar-refractivity contribution in [2.45, 2.75) is 0 Å². The fourth-order valence-corrected chi connectivity index (χ4v) is 1.42. The maximum absolute atomic E-state index is 11.5. The molecular weight excluding hydrogens is 236 g/mol. The number of esters is 1. The maximum atomic E-state index is 11.5. The molecule has 0 radical (unpaired) electrons. The fraction of sp³-hybridized carbons (Fsp3) is 0.0769. The Morgan fingerprint density at radius 3 is 2.61 bits per heavy atom. The minimum absolute atomic E-state index is 0.0788. The summed E-state index contributed by atoms with van der Waals surface area (Å²) in [6, 6.07) is 6.17. The molecule has 1 N–H and O–H groups in total. The van der Waals surface area contributed by atoms with Crippen LogP contribution in [-0.4, -0.2) is 24.0 Å². The van der Waals surface area contributed by atoms with E-state index in [-0.39, 0.29) is 11.5 Å². The Labute approximate surface area is 103 Å². The topological polar surface area (TPSA) is 72.8 Å². The first-order valence-electron chi connectivity index (χ1n) is 5.13. The van der Waals surface area contributed by atoms with Gasteiger partial charge in [-0.2, -0.15) is 0 Å². The van der Waals surface area contributed by atoms with Crippen LogP contribution in [0.25, 0.3) is 5.76 Å². The number of rotatable bonds is 2. The number of aromatic hydroxyl groups is 1. The van der Waals surface area contributed by atoms with Crippen LogP contribution < -0.4 is 0 Å². The molecule has 1 heterocycles. The van der Waals surface area contributed by atoms with Crippen LogP contribution in [0.5, 0.6) is 5.75 Å². The van der Waals surface area contributed by atoms with Crippen molar-refractivity contribution in [1.29, 1.82) is 0 Å². The van der Waals surface area contributed by atoms with Gasteiger partial charge in [0, 0.05) is 11.6 Å². The maximum Gasteiger partial charge on any atom is 0.334 e. The average molecular weight is 246 g/mol. The van der Waals surface area contributed by atoms with Crippen molar-refractivity contribution in [1.82, 2.24) is 0 Å². The Balaban J connectivity index is 2.22. The van der Waals surface area contributed by atoms with Crippen LogP contribution in [0.1, 0.15) is 5.56 Å². The second-order valence-corrected chi connectivity index (χ2v) is 3.55. The van der Waals surface area contributed by atoms with Crippen molar-refractivity contribution >= 4 is 17.5 Å². The second kappa shape index (κ2) is 4.75. The summed E-state index contributed by atoms with van der Waals surface area (Å²) in [5.74, 6) is -0.684. The van der Waals surface area contributed by atoms with Gasteiger partial charge in [-0.25, -0.2) is 4.79 Å². The monoisotopic (exact) mass is 246 g/mol. The number of allylic oxidation sites excluding steroid dienone is 1. The zero-order valence-electron chi connectivity index (χ0n) is 9.54. The minimum Gasteiger partial charge on any atom is -0.508 e. The Bertz CT molecular complexity index is 551. The molecule has 5 heteroatoms. The van der Waals surface area contributed by atoms with Crippen LogP contribution in [0, 0.1) is 0 Å². The van der Waals surface area contributed by atoms with E-state index in [1.807, 2.05) is 0 Å². The number of carbonyl (C=O) groups excluding carboxylic acids is 2. The van der Waals surface area contributed by atoms with Crippen LogP contribution in [0.3, 0.4) is 0 Å². The van der Waals surface area contributed by atoms with Gasteiger partial charge in [0.1, 0.15) is 11.5 Å². The Hall–Kier alpha value is -2.56. The largest absolute Gasteiger partial charge is 0.508 e. The van der Waals surface area contributed by atoms with E-state index in [0.29, 0.717) is 11.3 Å². The van der Waals surface area contributed by atoms with Gasteiger partial charge in [0.05, 0.1) is 13.2 Å². The van der Waals surface area contributed by atoms with E-state index in [0.717, 1.165) is 6.08 Å². The molecule has 1 aliphatic heterocycles. The Morgan fingerprint density at radius 1 is 1.33 bits per heavy atom. The summed E-state index contributed by atoms with van der Waals surface area (Å²) in [7, 11) is 1.22. The van der Waals surface area contributed by atoms with E-state index in [2.05, 4.69) is 4.74 Å². The molecule has 0 fully saturated rings. The van der Waals surface area contributed by atoms with Crippen LogP contribution in [0.15, 0.2) is 42.2 Å². The lowest BCUT2D eigenvalue weighted by Gasteiger charge is -2.03. The van der Waals surface area contributed by atoms with E-state index < -0.39 is 11.8 Å². The number of ketones is 1. The highest BCUT2D eigenvalue weighted by molar-refractivity contribution is 6.12. The SMILES string of the molecule is COC(=O)/C=C1/OC(c2ccc(O)cc2)=CC1=O. The molecule has 2 rings (SSSR count). The second-order valence-electron chi connectivity index (χ2n) is 3.55. The number of carbonyl (C=O) groups is 2. The van der Waals surface area contributed by atoms with Gasteiger partial charge in [-0.15, -0.1) is 0 Å². The number of phenolic OH excluding ortho intramolecular Hbond substituents is 1. The van der Waals surface area contributed by atoms with Gasteiger partial charge in [-0.1, -0.05) is 0 Å². The van der Waals surface area contributed by atoms with Gasteiger partial charge in [0.25, 0.3) is 0 Å². The van der Waals surface area contributed by atoms with Gasteiger partial charge in [-0.05, 0) is 24.3 Å². The van der Waals surface area contributed by atoms with E-state index in [4.69, 9.17) is 9.84 Å². The third kappa shape index (κ3) is 2.40. The first-order valence-corrected chi connectivity index (χ1v) is 5.13. The molecule has 0 spiro atoms. The van der Waals surface area contributed by atoms with Gasteiger partial charge >= 0.3 is 5.97 Å². The van der Waals surface area contributed by atoms with Crippen molar-refractivity contribution in [3.8, 4) is 5.75 Å². The fourth-order valence-electron chi connectivity index (χ4n) is 1.42. The van der Waals surface area contributed by atoms with E-state index in [9.17, 15) is 9.59 Å². The summed E-state index contributed by atoms with van der Waals surface area (Å²) in [5.41, 5.74) is 0.634. The normalized spacial score (nSPS) is 16.4. The Kier molecular flexibility index (Phi) is 3.14. The van der Waals surface area contributed by atoms with Gasteiger partial charge in [0.2, 0.25) is 5.78 Å². The predicted octanol–water partition coefficient (Wildman–Crippen LogP) is 1.39. The first kappa shape index (κ1) is 11.9. The molecule has 0 aromatic heterocycles. The molecule has 0 aliphatic carbocycles. The molecule has 0 unspecified atom stereocenters. The standard InChI is InChI=1S/C13H10O5/c1-17-13(16)7-12-10(15)6-11(18-12)8-2-4-9(14)5-3-8/h2-7,14H,1H3/b12-7+. The predicted molar refractivity (Wildman–Crippen MR) is 62.3 cm³/mol. The summed E-state index contributed by atoms with van der Waals surface area (Å²) < 4.78 is 9.68. The highest BCUT2D eigenvalue weighted by atomic mass is 16.5. The van der Waals surface area contributed by atoms with Gasteiger partial charge in [0.15, 0.2) is 5.76 Å². The lowest BCUT2D eigenvalue weighted by Crippen LogP contribution is -2.01. The molecule has 92 valence electrons. The Morgan fingerprint density at radius 2 is 2.00 bits per heavy atom. The number of ether oxygens (including phenoxy) is 2. The number of hydrogen-bond donors (Lipinski definition) is 1. The highest BCUT2D eigenvalue weighted by Gasteiger charge is 2.22. The molecule has 1 aliphatic rings. The summed E-state index contributed by atoms with van der Waals surface area (Å²) in [4.78, 5) is 22.6. The zero-order valence-corrected chi connectivity index (χ0v) is 9.54. The summed E-state index contributed by atoms with van der Waals surface area (Å²) >= 11 is 0. The van der Waals surface area contributed by atoms with Gasteiger partial charge in [-0.3, -0.25) is 4.79 Å².